The SMILES string of the molecule is C[C@@H](O)[C@H](O)[C@@H](O)[C@@H](O)C(=O)O. The highest BCUT2D eigenvalue weighted by molar-refractivity contribution is 5.72. The van der Waals surface area contributed by atoms with E-state index in [1.807, 2.05) is 0 Å². The number of hydrogen-bond acceptors (Lipinski definition) is 5. The van der Waals surface area contributed by atoms with Crippen LogP contribution in [-0.2, 0) is 4.79 Å². The maximum absolute atomic E-state index is 10.1. The van der Waals surface area contributed by atoms with E-state index in [-0.39, 0.29) is 0 Å². The van der Waals surface area contributed by atoms with E-state index >= 15 is 0 Å². The molecule has 0 aromatic rings. The molecule has 0 rings (SSSR count). The molecule has 5 N–H and O–H groups in total. The first-order chi connectivity index (χ1) is 5.37. The van der Waals surface area contributed by atoms with Crippen molar-refractivity contribution in [1.82, 2.24) is 0 Å². The number of rotatable bonds is 4. The van der Waals surface area contributed by atoms with Gasteiger partial charge in [-0.3, -0.25) is 0 Å². The van der Waals surface area contributed by atoms with Crippen molar-refractivity contribution in [3.63, 3.8) is 0 Å². The van der Waals surface area contributed by atoms with Gasteiger partial charge in [0.15, 0.2) is 6.10 Å². The van der Waals surface area contributed by atoms with Crippen molar-refractivity contribution in [2.75, 3.05) is 0 Å². The summed E-state index contributed by atoms with van der Waals surface area (Å²) in [5, 5.41) is 43.4. The molecule has 0 amide bonds. The second-order valence-electron chi connectivity index (χ2n) is 2.50. The molecule has 0 aliphatic carbocycles. The lowest BCUT2D eigenvalue weighted by Gasteiger charge is -2.21. The van der Waals surface area contributed by atoms with Crippen LogP contribution in [0.15, 0.2) is 0 Å². The van der Waals surface area contributed by atoms with Crippen LogP contribution in [0.4, 0.5) is 0 Å². The largest absolute Gasteiger partial charge is 0.479 e. The van der Waals surface area contributed by atoms with Crippen molar-refractivity contribution in [2.45, 2.75) is 31.3 Å². The molecule has 4 atom stereocenters. The molecule has 72 valence electrons. The van der Waals surface area contributed by atoms with E-state index in [9.17, 15) is 4.79 Å². The molecule has 0 bridgehead atoms. The molecule has 0 fully saturated rings. The highest BCUT2D eigenvalue weighted by Gasteiger charge is 2.32. The first-order valence-corrected chi connectivity index (χ1v) is 3.33. The zero-order valence-electron chi connectivity index (χ0n) is 6.45. The van der Waals surface area contributed by atoms with Crippen molar-refractivity contribution < 1.29 is 30.3 Å². The molecule has 0 aliphatic heterocycles. The molecule has 0 spiro atoms. The van der Waals surface area contributed by atoms with Gasteiger partial charge < -0.3 is 25.5 Å². The van der Waals surface area contributed by atoms with E-state index in [1.165, 1.54) is 6.92 Å². The fourth-order valence-corrected chi connectivity index (χ4v) is 0.618. The lowest BCUT2D eigenvalue weighted by atomic mass is 10.0. The predicted octanol–water partition coefficient (Wildman–Crippen LogP) is -2.47. The number of aliphatic hydroxyl groups excluding tert-OH is 4. The van der Waals surface area contributed by atoms with E-state index in [2.05, 4.69) is 0 Å². The Hall–Kier alpha value is -0.690. The third-order valence-electron chi connectivity index (χ3n) is 1.42. The normalized spacial score (nSPS) is 21.1. The molecule has 0 unspecified atom stereocenters. The van der Waals surface area contributed by atoms with Gasteiger partial charge in [0.1, 0.15) is 12.2 Å². The van der Waals surface area contributed by atoms with Gasteiger partial charge in [-0.05, 0) is 6.92 Å². The van der Waals surface area contributed by atoms with Crippen molar-refractivity contribution >= 4 is 5.97 Å². The Balaban J connectivity index is 4.18. The molecule has 0 saturated heterocycles. The summed E-state index contributed by atoms with van der Waals surface area (Å²) in [4.78, 5) is 10.1. The molecule has 0 saturated carbocycles. The highest BCUT2D eigenvalue weighted by atomic mass is 16.4. The molecule has 12 heavy (non-hydrogen) atoms. The number of carbonyl (C=O) groups is 1. The van der Waals surface area contributed by atoms with Gasteiger partial charge in [-0.2, -0.15) is 0 Å². The molecule has 0 heterocycles. The van der Waals surface area contributed by atoms with Crippen LogP contribution in [0.1, 0.15) is 6.92 Å². The number of carboxylic acid groups (broad SMARTS) is 1. The Morgan fingerprint density at radius 3 is 1.75 bits per heavy atom. The number of aliphatic hydroxyl groups is 4. The Morgan fingerprint density at radius 2 is 1.50 bits per heavy atom. The standard InChI is InChI=1S/C6H12O6/c1-2(7)3(8)4(9)5(10)6(11)12/h2-5,7-10H,1H3,(H,11,12)/t2-,3+,4-,5-/m1/s1. The average molecular weight is 180 g/mol. The van der Waals surface area contributed by atoms with Gasteiger partial charge in [0.05, 0.1) is 6.10 Å². The molecule has 6 heteroatoms. The van der Waals surface area contributed by atoms with Gasteiger partial charge in [-0.1, -0.05) is 0 Å². The molecule has 0 radical (unpaired) electrons. The lowest BCUT2D eigenvalue weighted by molar-refractivity contribution is -0.162. The van der Waals surface area contributed by atoms with Crippen LogP contribution in [0.25, 0.3) is 0 Å². The molecular weight excluding hydrogens is 168 g/mol. The minimum Gasteiger partial charge on any atom is -0.479 e. The van der Waals surface area contributed by atoms with Crippen LogP contribution in [-0.4, -0.2) is 55.9 Å². The quantitative estimate of drug-likeness (QED) is 0.327. The summed E-state index contributed by atoms with van der Waals surface area (Å²) in [7, 11) is 0. The third-order valence-corrected chi connectivity index (χ3v) is 1.42. The van der Waals surface area contributed by atoms with Gasteiger partial charge in [0.25, 0.3) is 0 Å². The number of carboxylic acids is 1. The topological polar surface area (TPSA) is 118 Å². The summed E-state index contributed by atoms with van der Waals surface area (Å²) in [6, 6.07) is 0. The van der Waals surface area contributed by atoms with Gasteiger partial charge in [0.2, 0.25) is 0 Å². The third kappa shape index (κ3) is 2.74. The molecular formula is C6H12O6. The van der Waals surface area contributed by atoms with Crippen LogP contribution in [0.3, 0.4) is 0 Å². The molecule has 0 aromatic heterocycles. The van der Waals surface area contributed by atoms with Crippen LogP contribution in [0, 0.1) is 0 Å². The Kier molecular flexibility index (Phi) is 4.11. The van der Waals surface area contributed by atoms with Gasteiger partial charge >= 0.3 is 5.97 Å². The second-order valence-corrected chi connectivity index (χ2v) is 2.50. The maximum atomic E-state index is 10.1. The van der Waals surface area contributed by atoms with E-state index in [0.717, 1.165) is 0 Å². The minimum atomic E-state index is -2.09. The monoisotopic (exact) mass is 180 g/mol. The van der Waals surface area contributed by atoms with Crippen LogP contribution < -0.4 is 0 Å². The maximum Gasteiger partial charge on any atom is 0.335 e. The fourth-order valence-electron chi connectivity index (χ4n) is 0.618. The fraction of sp³-hybridized carbons (Fsp3) is 0.833. The van der Waals surface area contributed by atoms with E-state index in [1.54, 1.807) is 0 Å². The number of aliphatic carboxylic acids is 1. The van der Waals surface area contributed by atoms with E-state index in [0.29, 0.717) is 0 Å². The summed E-state index contributed by atoms with van der Waals surface area (Å²) in [6.45, 7) is 1.17. The first-order valence-electron chi connectivity index (χ1n) is 3.33. The zero-order valence-corrected chi connectivity index (χ0v) is 6.45. The van der Waals surface area contributed by atoms with Gasteiger partial charge in [-0.25, -0.2) is 4.79 Å². The summed E-state index contributed by atoms with van der Waals surface area (Å²) in [5.41, 5.74) is 0. The molecule has 0 aromatic carbocycles. The summed E-state index contributed by atoms with van der Waals surface area (Å²) >= 11 is 0. The van der Waals surface area contributed by atoms with E-state index in [4.69, 9.17) is 25.5 Å². The Morgan fingerprint density at radius 1 is 1.08 bits per heavy atom. The molecule has 0 aliphatic rings. The van der Waals surface area contributed by atoms with Crippen LogP contribution in [0.5, 0.6) is 0 Å². The summed E-state index contributed by atoms with van der Waals surface area (Å²) < 4.78 is 0. The van der Waals surface area contributed by atoms with Crippen molar-refractivity contribution in [3.05, 3.63) is 0 Å². The van der Waals surface area contributed by atoms with E-state index < -0.39 is 30.4 Å². The van der Waals surface area contributed by atoms with Crippen molar-refractivity contribution in [1.29, 1.82) is 0 Å². The van der Waals surface area contributed by atoms with Crippen molar-refractivity contribution in [2.24, 2.45) is 0 Å². The summed E-state index contributed by atoms with van der Waals surface area (Å²) in [5.74, 6) is -1.65. The predicted molar refractivity (Wildman–Crippen MR) is 37.3 cm³/mol. The number of hydrogen-bond donors (Lipinski definition) is 5. The Bertz CT molecular complexity index is 156. The highest BCUT2D eigenvalue weighted by Crippen LogP contribution is 2.04. The average Bonchev–Trinajstić information content (AvgIpc) is 2.00. The first kappa shape index (κ1) is 11.3. The van der Waals surface area contributed by atoms with Crippen molar-refractivity contribution in [3.8, 4) is 0 Å². The minimum absolute atomic E-state index is 1.17. The second kappa shape index (κ2) is 4.36. The zero-order chi connectivity index (χ0) is 9.89. The van der Waals surface area contributed by atoms with Gasteiger partial charge in [0, 0.05) is 0 Å². The van der Waals surface area contributed by atoms with Gasteiger partial charge in [-0.15, -0.1) is 0 Å². The van der Waals surface area contributed by atoms with Crippen LogP contribution in [0.2, 0.25) is 0 Å². The smallest absolute Gasteiger partial charge is 0.335 e. The summed E-state index contributed by atoms with van der Waals surface area (Å²) in [6.07, 6.45) is -6.94. The van der Waals surface area contributed by atoms with Crippen LogP contribution >= 0.6 is 0 Å². The lowest BCUT2D eigenvalue weighted by Crippen LogP contribution is -2.46. The molecule has 6 nitrogen and oxygen atoms in total. The Labute approximate surface area is 68.7 Å².